The molecule has 2 rings (SSSR count). The van der Waals surface area contributed by atoms with Crippen LogP contribution in [0.25, 0.3) is 0 Å². The van der Waals surface area contributed by atoms with E-state index in [4.69, 9.17) is 18.9 Å². The molecule has 0 bridgehead atoms. The minimum atomic E-state index is -1.78. The lowest BCUT2D eigenvalue weighted by Gasteiger charge is -2.46. The van der Waals surface area contributed by atoms with Crippen LogP contribution in [0.1, 0.15) is 296 Å². The highest BCUT2D eigenvalue weighted by atomic mass is 16.7. The van der Waals surface area contributed by atoms with E-state index in [2.05, 4.69) is 67.8 Å². The molecule has 2 heterocycles. The molecule has 0 aromatic heterocycles. The lowest BCUT2D eigenvalue weighted by atomic mass is 9.97. The first-order valence-electron chi connectivity index (χ1n) is 34.9. The zero-order valence-electron chi connectivity index (χ0n) is 53.4. The number of nitrogens with one attached hydrogen (secondary N) is 1. The third-order valence-electron chi connectivity index (χ3n) is 17.1. The number of hydrogen-bond acceptors (Lipinski definition) is 13. The minimum absolute atomic E-state index is 0.204. The van der Waals surface area contributed by atoms with Gasteiger partial charge in [0.05, 0.1) is 32.0 Å². The van der Waals surface area contributed by atoms with Gasteiger partial charge in [-0.1, -0.05) is 287 Å². The van der Waals surface area contributed by atoms with Crippen molar-refractivity contribution in [3.8, 4) is 0 Å². The normalized spacial score (nSPS) is 23.9. The van der Waals surface area contributed by atoms with Gasteiger partial charge in [-0.05, 0) is 51.4 Å². The molecular formula is C70H129NO13. The Bertz CT molecular complexity index is 1590. The molecule has 492 valence electrons. The second-order valence-corrected chi connectivity index (χ2v) is 24.6. The molecule has 12 atom stereocenters. The van der Waals surface area contributed by atoms with Crippen LogP contribution in [0.15, 0.2) is 48.6 Å². The lowest BCUT2D eigenvalue weighted by molar-refractivity contribution is -0.359. The zero-order chi connectivity index (χ0) is 60.9. The number of aliphatic hydroxyl groups excluding tert-OH is 8. The summed E-state index contributed by atoms with van der Waals surface area (Å²) in [7, 11) is 0. The molecule has 2 fully saturated rings. The molecule has 0 spiro atoms. The summed E-state index contributed by atoms with van der Waals surface area (Å²) >= 11 is 0. The quantitative estimate of drug-likeness (QED) is 0.0204. The number of amides is 1. The highest BCUT2D eigenvalue weighted by Crippen LogP contribution is 2.30. The Hall–Kier alpha value is -2.05. The summed E-state index contributed by atoms with van der Waals surface area (Å²) in [6.07, 6.45) is 54.8. The number of carbonyl (C=O) groups excluding carboxylic acids is 1. The first kappa shape index (κ1) is 78.0. The summed E-state index contributed by atoms with van der Waals surface area (Å²) in [4.78, 5) is 13.3. The first-order chi connectivity index (χ1) is 41.1. The predicted octanol–water partition coefficient (Wildman–Crippen LogP) is 13.9. The van der Waals surface area contributed by atoms with Crippen LogP contribution >= 0.6 is 0 Å². The number of aliphatic hydroxyl groups is 8. The van der Waals surface area contributed by atoms with Crippen LogP contribution in [0, 0.1) is 0 Å². The summed E-state index contributed by atoms with van der Waals surface area (Å²) in [5, 5.41) is 87.1. The van der Waals surface area contributed by atoms with E-state index in [0.29, 0.717) is 12.8 Å². The van der Waals surface area contributed by atoms with E-state index >= 15 is 0 Å². The molecule has 2 aliphatic heterocycles. The standard InChI is InChI=1S/C70H129NO13/c1-3-5-7-9-11-13-14-15-16-17-18-19-20-21-22-23-24-25-26-27-28-29-30-31-32-33-34-35-36-37-38-39-40-41-42-43-44-46-48-50-52-54-62(75)71-58(59(74)53-51-49-47-45-12-10-8-6-4-2)57-81-69-67(80)65(78)68(61(56-73)83-69)84-70-66(79)64(77)63(76)60(55-72)82-70/h5,7,11,13,15-16,18-19,58-61,63-70,72-74,76-80H,3-4,6,8-10,12,14,17,20-57H2,1-2H3,(H,71,75)/b7-5-,13-11-,16-15-,19-18-. The van der Waals surface area contributed by atoms with Crippen LogP contribution in [0.4, 0.5) is 0 Å². The van der Waals surface area contributed by atoms with Gasteiger partial charge in [0.1, 0.15) is 48.8 Å². The van der Waals surface area contributed by atoms with E-state index in [1.165, 1.54) is 193 Å². The molecule has 12 unspecified atom stereocenters. The average Bonchev–Trinajstić information content (AvgIpc) is 2.28. The van der Waals surface area contributed by atoms with Crippen molar-refractivity contribution in [3.05, 3.63) is 48.6 Å². The Kier molecular flexibility index (Phi) is 51.1. The number of hydrogen-bond donors (Lipinski definition) is 9. The first-order valence-corrected chi connectivity index (χ1v) is 34.9. The molecule has 84 heavy (non-hydrogen) atoms. The van der Waals surface area contributed by atoms with Gasteiger partial charge in [0.2, 0.25) is 5.91 Å². The summed E-state index contributed by atoms with van der Waals surface area (Å²) in [6.45, 7) is 2.74. The molecule has 2 saturated heterocycles. The molecule has 0 saturated carbocycles. The minimum Gasteiger partial charge on any atom is -0.394 e. The molecule has 0 aromatic rings. The van der Waals surface area contributed by atoms with Gasteiger partial charge >= 0.3 is 0 Å². The molecule has 0 aromatic carbocycles. The zero-order valence-corrected chi connectivity index (χ0v) is 53.4. The molecular weight excluding hydrogens is 1060 g/mol. The Balaban J connectivity index is 1.48. The Morgan fingerprint density at radius 3 is 1.26 bits per heavy atom. The number of carbonyl (C=O) groups is 1. The molecule has 0 radical (unpaired) electrons. The SMILES string of the molecule is CC/C=C\C/C=C\C/C=C\C/C=C\CCCCCCCCCCCCCCCCCCCCCCCCCCCCCCC(=O)NC(COC1OC(CO)C(OC2OC(CO)C(O)C(O)C2O)C(O)C1O)C(O)CCCCCCCCCCC. The van der Waals surface area contributed by atoms with Crippen LogP contribution < -0.4 is 5.32 Å². The third kappa shape index (κ3) is 39.1. The Morgan fingerprint density at radius 2 is 0.821 bits per heavy atom. The number of allylic oxidation sites excluding steroid dienone is 8. The molecule has 2 aliphatic rings. The summed E-state index contributed by atoms with van der Waals surface area (Å²) in [5.74, 6) is -0.204. The van der Waals surface area contributed by atoms with Gasteiger partial charge in [0.15, 0.2) is 12.6 Å². The van der Waals surface area contributed by atoms with Crippen molar-refractivity contribution in [2.24, 2.45) is 0 Å². The van der Waals surface area contributed by atoms with E-state index in [1.54, 1.807) is 0 Å². The van der Waals surface area contributed by atoms with Crippen LogP contribution in [-0.4, -0.2) is 140 Å². The highest BCUT2D eigenvalue weighted by Gasteiger charge is 2.51. The van der Waals surface area contributed by atoms with Crippen molar-refractivity contribution < 1.29 is 64.6 Å². The average molecular weight is 1190 g/mol. The maximum absolute atomic E-state index is 13.3. The van der Waals surface area contributed by atoms with Gasteiger partial charge in [-0.2, -0.15) is 0 Å². The van der Waals surface area contributed by atoms with E-state index in [1.807, 2.05) is 0 Å². The Labute approximate surface area is 512 Å². The van der Waals surface area contributed by atoms with Gasteiger partial charge in [0, 0.05) is 6.42 Å². The van der Waals surface area contributed by atoms with Crippen LogP contribution in [0.5, 0.6) is 0 Å². The van der Waals surface area contributed by atoms with Crippen molar-refractivity contribution in [2.45, 2.75) is 370 Å². The van der Waals surface area contributed by atoms with Crippen molar-refractivity contribution in [2.75, 3.05) is 19.8 Å². The van der Waals surface area contributed by atoms with Crippen molar-refractivity contribution in [1.29, 1.82) is 0 Å². The molecule has 0 aliphatic carbocycles. The largest absolute Gasteiger partial charge is 0.394 e. The number of ether oxygens (including phenoxy) is 4. The monoisotopic (exact) mass is 1190 g/mol. The number of unbranched alkanes of at least 4 members (excludes halogenated alkanes) is 36. The maximum Gasteiger partial charge on any atom is 0.220 e. The fourth-order valence-corrected chi connectivity index (χ4v) is 11.5. The third-order valence-corrected chi connectivity index (χ3v) is 17.1. The van der Waals surface area contributed by atoms with E-state index in [-0.39, 0.29) is 12.5 Å². The Morgan fingerprint density at radius 1 is 0.440 bits per heavy atom. The van der Waals surface area contributed by atoms with E-state index < -0.39 is 86.8 Å². The van der Waals surface area contributed by atoms with Gasteiger partial charge < -0.3 is 65.1 Å². The molecule has 9 N–H and O–H groups in total. The molecule has 14 heteroatoms. The topological polar surface area (TPSA) is 228 Å². The van der Waals surface area contributed by atoms with Crippen LogP contribution in [-0.2, 0) is 23.7 Å². The summed E-state index contributed by atoms with van der Waals surface area (Å²) in [5.41, 5.74) is 0. The van der Waals surface area contributed by atoms with Crippen LogP contribution in [0.2, 0.25) is 0 Å². The fraction of sp³-hybridized carbons (Fsp3) is 0.871. The maximum atomic E-state index is 13.3. The van der Waals surface area contributed by atoms with Gasteiger partial charge in [-0.25, -0.2) is 0 Å². The lowest BCUT2D eigenvalue weighted by Crippen LogP contribution is -2.65. The fourth-order valence-electron chi connectivity index (χ4n) is 11.5. The van der Waals surface area contributed by atoms with Crippen molar-refractivity contribution in [3.63, 3.8) is 0 Å². The second-order valence-electron chi connectivity index (χ2n) is 24.6. The van der Waals surface area contributed by atoms with E-state index in [0.717, 1.165) is 77.0 Å². The summed E-state index contributed by atoms with van der Waals surface area (Å²) in [6, 6.07) is -0.824. The summed E-state index contributed by atoms with van der Waals surface area (Å²) < 4.78 is 22.8. The molecule has 1 amide bonds. The predicted molar refractivity (Wildman–Crippen MR) is 341 cm³/mol. The van der Waals surface area contributed by atoms with Gasteiger partial charge in [-0.3, -0.25) is 4.79 Å². The van der Waals surface area contributed by atoms with Gasteiger partial charge in [-0.15, -0.1) is 0 Å². The number of rotatable bonds is 57. The molecule has 14 nitrogen and oxygen atoms in total. The van der Waals surface area contributed by atoms with Crippen LogP contribution in [0.3, 0.4) is 0 Å². The van der Waals surface area contributed by atoms with Gasteiger partial charge in [0.25, 0.3) is 0 Å². The van der Waals surface area contributed by atoms with Crippen molar-refractivity contribution in [1.82, 2.24) is 5.32 Å². The van der Waals surface area contributed by atoms with E-state index in [9.17, 15) is 45.6 Å². The smallest absolute Gasteiger partial charge is 0.220 e. The highest BCUT2D eigenvalue weighted by molar-refractivity contribution is 5.76. The second kappa shape index (κ2) is 55.1. The van der Waals surface area contributed by atoms with Crippen molar-refractivity contribution >= 4 is 5.91 Å².